The van der Waals surface area contributed by atoms with Crippen LogP contribution in [0.2, 0.25) is 0 Å². The first-order valence-corrected chi connectivity index (χ1v) is 11.8. The number of rotatable bonds is 6. The molecule has 36 heavy (non-hydrogen) atoms. The number of hydrogen-bond donors (Lipinski definition) is 1. The minimum atomic E-state index is -0.431. The van der Waals surface area contributed by atoms with E-state index in [9.17, 15) is 14.4 Å². The summed E-state index contributed by atoms with van der Waals surface area (Å²) >= 11 is 0. The Kier molecular flexibility index (Phi) is 6.24. The van der Waals surface area contributed by atoms with Gasteiger partial charge in [-0.25, -0.2) is 23.7 Å². The van der Waals surface area contributed by atoms with Gasteiger partial charge in [-0.1, -0.05) is 24.3 Å². The number of ether oxygens (including phenoxy) is 1. The Morgan fingerprint density at radius 1 is 1.08 bits per heavy atom. The van der Waals surface area contributed by atoms with Gasteiger partial charge in [0.1, 0.15) is 6.54 Å². The standard InChI is InChI=1S/C26H26N6O4/c1-3-36-24(34)19-8-10-21(11-9-19)28-23(33)16-31-26(35)32-22(29-31)14-17(2)27-25(32)30-13-12-18-6-4-5-7-20(18)15-30/h4-11,14H,3,12-13,15-16H2,1-2H3,(H,28,33). The lowest BCUT2D eigenvalue weighted by Crippen LogP contribution is -2.35. The van der Waals surface area contributed by atoms with Gasteiger partial charge >= 0.3 is 11.7 Å². The summed E-state index contributed by atoms with van der Waals surface area (Å²) in [6, 6.07) is 16.3. The van der Waals surface area contributed by atoms with Crippen molar-refractivity contribution in [3.05, 3.63) is 87.5 Å². The maximum Gasteiger partial charge on any atom is 0.353 e. The molecule has 0 spiro atoms. The molecule has 3 heterocycles. The average molecular weight is 487 g/mol. The average Bonchev–Trinajstić information content (AvgIpc) is 3.18. The van der Waals surface area contributed by atoms with Crippen LogP contribution >= 0.6 is 0 Å². The molecule has 0 fully saturated rings. The van der Waals surface area contributed by atoms with E-state index >= 15 is 0 Å². The molecular formula is C26H26N6O4. The van der Waals surface area contributed by atoms with Crippen LogP contribution in [0, 0.1) is 6.92 Å². The minimum absolute atomic E-state index is 0.262. The van der Waals surface area contributed by atoms with E-state index in [-0.39, 0.29) is 13.2 Å². The predicted octanol–water partition coefficient (Wildman–Crippen LogP) is 2.58. The zero-order valence-corrected chi connectivity index (χ0v) is 20.1. The van der Waals surface area contributed by atoms with Crippen LogP contribution in [0.15, 0.2) is 59.4 Å². The van der Waals surface area contributed by atoms with Crippen molar-refractivity contribution in [1.29, 1.82) is 0 Å². The third kappa shape index (κ3) is 4.57. The number of nitrogens with one attached hydrogen (secondary N) is 1. The summed E-state index contributed by atoms with van der Waals surface area (Å²) in [4.78, 5) is 44.5. The zero-order chi connectivity index (χ0) is 25.2. The molecule has 1 aliphatic heterocycles. The van der Waals surface area contributed by atoms with Crippen molar-refractivity contribution in [2.45, 2.75) is 33.4 Å². The highest BCUT2D eigenvalue weighted by Crippen LogP contribution is 2.23. The van der Waals surface area contributed by atoms with Crippen molar-refractivity contribution in [1.82, 2.24) is 19.2 Å². The Hall–Kier alpha value is -4.47. The maximum absolute atomic E-state index is 13.3. The first-order valence-electron chi connectivity index (χ1n) is 11.8. The molecule has 1 amide bonds. The van der Waals surface area contributed by atoms with Crippen LogP contribution in [0.4, 0.5) is 11.6 Å². The number of fused-ring (bicyclic) bond motifs is 2. The molecule has 5 rings (SSSR count). The van der Waals surface area contributed by atoms with Crippen molar-refractivity contribution in [2.24, 2.45) is 0 Å². The molecule has 184 valence electrons. The van der Waals surface area contributed by atoms with E-state index in [4.69, 9.17) is 4.74 Å². The lowest BCUT2D eigenvalue weighted by Gasteiger charge is -2.29. The van der Waals surface area contributed by atoms with Gasteiger partial charge in [0.15, 0.2) is 5.65 Å². The molecule has 2 aromatic carbocycles. The summed E-state index contributed by atoms with van der Waals surface area (Å²) < 4.78 is 7.57. The minimum Gasteiger partial charge on any atom is -0.462 e. The summed E-state index contributed by atoms with van der Waals surface area (Å²) in [6.45, 7) is 4.98. The number of esters is 1. The van der Waals surface area contributed by atoms with Gasteiger partial charge in [0.25, 0.3) is 0 Å². The third-order valence-corrected chi connectivity index (χ3v) is 6.07. The van der Waals surface area contributed by atoms with Crippen LogP contribution in [-0.2, 0) is 29.0 Å². The fourth-order valence-corrected chi connectivity index (χ4v) is 4.36. The smallest absolute Gasteiger partial charge is 0.353 e. The molecule has 10 nitrogen and oxygen atoms in total. The fraction of sp³-hybridized carbons (Fsp3) is 0.269. The van der Waals surface area contributed by atoms with Crippen molar-refractivity contribution >= 4 is 29.2 Å². The normalized spacial score (nSPS) is 12.9. The van der Waals surface area contributed by atoms with Gasteiger partial charge < -0.3 is 15.0 Å². The van der Waals surface area contributed by atoms with E-state index in [2.05, 4.69) is 32.4 Å². The summed E-state index contributed by atoms with van der Waals surface area (Å²) in [5.74, 6) is -0.322. The highest BCUT2D eigenvalue weighted by molar-refractivity contribution is 5.93. The molecule has 0 radical (unpaired) electrons. The van der Waals surface area contributed by atoms with Crippen LogP contribution < -0.4 is 15.9 Å². The van der Waals surface area contributed by atoms with E-state index < -0.39 is 17.6 Å². The number of nitrogens with zero attached hydrogens (tertiary/aromatic N) is 5. The maximum atomic E-state index is 13.3. The Morgan fingerprint density at radius 2 is 1.83 bits per heavy atom. The van der Waals surface area contributed by atoms with Gasteiger partial charge in [-0.3, -0.25) is 4.79 Å². The second kappa shape index (κ2) is 9.65. The highest BCUT2D eigenvalue weighted by Gasteiger charge is 2.23. The van der Waals surface area contributed by atoms with Crippen LogP contribution in [0.25, 0.3) is 5.65 Å². The highest BCUT2D eigenvalue weighted by atomic mass is 16.5. The molecule has 10 heteroatoms. The van der Waals surface area contributed by atoms with E-state index in [1.807, 2.05) is 19.1 Å². The monoisotopic (exact) mass is 486 g/mol. The molecule has 4 aromatic rings. The number of hydrogen-bond acceptors (Lipinski definition) is 7. The number of anilines is 2. The number of carbonyl (C=O) groups is 2. The molecule has 1 aliphatic rings. The largest absolute Gasteiger partial charge is 0.462 e. The summed E-state index contributed by atoms with van der Waals surface area (Å²) in [5.41, 5.74) is 4.13. The van der Waals surface area contributed by atoms with Gasteiger partial charge in [0.2, 0.25) is 11.9 Å². The molecule has 0 saturated carbocycles. The Balaban J connectivity index is 1.37. The van der Waals surface area contributed by atoms with Gasteiger partial charge in [0, 0.05) is 30.5 Å². The van der Waals surface area contributed by atoms with Gasteiger partial charge in [0.05, 0.1) is 12.2 Å². The second-order valence-corrected chi connectivity index (χ2v) is 8.62. The SMILES string of the molecule is CCOC(=O)c1ccc(NC(=O)Cn2nc3cc(C)nc(N4CCc5ccccc5C4)n3c2=O)cc1. The predicted molar refractivity (Wildman–Crippen MR) is 134 cm³/mol. The number of benzene rings is 2. The summed E-state index contributed by atoms with van der Waals surface area (Å²) in [5, 5.41) is 7.13. The van der Waals surface area contributed by atoms with Crippen molar-refractivity contribution in [3.8, 4) is 0 Å². The quantitative estimate of drug-likeness (QED) is 0.417. The van der Waals surface area contributed by atoms with E-state index in [1.54, 1.807) is 37.3 Å². The number of aromatic nitrogens is 4. The lowest BCUT2D eigenvalue weighted by molar-refractivity contribution is -0.117. The molecule has 0 unspecified atom stereocenters. The van der Waals surface area contributed by atoms with Gasteiger partial charge in [-0.15, -0.1) is 5.10 Å². The fourth-order valence-electron chi connectivity index (χ4n) is 4.36. The first kappa shape index (κ1) is 23.3. The van der Waals surface area contributed by atoms with Crippen LogP contribution in [0.3, 0.4) is 0 Å². The van der Waals surface area contributed by atoms with Crippen molar-refractivity contribution in [2.75, 3.05) is 23.4 Å². The zero-order valence-electron chi connectivity index (χ0n) is 20.1. The molecule has 0 aliphatic carbocycles. The van der Waals surface area contributed by atoms with E-state index in [0.717, 1.165) is 23.3 Å². The molecule has 2 aromatic heterocycles. The molecular weight excluding hydrogens is 460 g/mol. The Labute approximate surface area is 207 Å². The van der Waals surface area contributed by atoms with E-state index in [0.29, 0.717) is 29.4 Å². The van der Waals surface area contributed by atoms with Gasteiger partial charge in [-0.2, -0.15) is 0 Å². The first-order chi connectivity index (χ1) is 17.4. The van der Waals surface area contributed by atoms with Crippen LogP contribution in [-0.4, -0.2) is 44.2 Å². The number of carbonyl (C=O) groups excluding carboxylic acids is 2. The van der Waals surface area contributed by atoms with Gasteiger partial charge in [-0.05, 0) is 55.7 Å². The Bertz CT molecular complexity index is 1510. The molecule has 0 saturated heterocycles. The number of amides is 1. The lowest BCUT2D eigenvalue weighted by atomic mass is 10.0. The van der Waals surface area contributed by atoms with E-state index in [1.165, 1.54) is 15.5 Å². The Morgan fingerprint density at radius 3 is 2.58 bits per heavy atom. The summed E-state index contributed by atoms with van der Waals surface area (Å²) in [6.07, 6.45) is 0.855. The molecule has 0 bridgehead atoms. The topological polar surface area (TPSA) is 111 Å². The number of aryl methyl sites for hydroxylation is 1. The summed E-state index contributed by atoms with van der Waals surface area (Å²) in [7, 11) is 0. The molecule has 1 N–H and O–H groups in total. The second-order valence-electron chi connectivity index (χ2n) is 8.62. The third-order valence-electron chi connectivity index (χ3n) is 6.07. The van der Waals surface area contributed by atoms with Crippen molar-refractivity contribution < 1.29 is 14.3 Å². The molecule has 0 atom stereocenters. The van der Waals surface area contributed by atoms with Crippen LogP contribution in [0.5, 0.6) is 0 Å². The van der Waals surface area contributed by atoms with Crippen LogP contribution in [0.1, 0.15) is 34.1 Å². The van der Waals surface area contributed by atoms with Crippen molar-refractivity contribution in [3.63, 3.8) is 0 Å².